The smallest absolute Gasteiger partial charge is 0.135 e. The van der Waals surface area contributed by atoms with Crippen molar-refractivity contribution in [1.29, 1.82) is 0 Å². The van der Waals surface area contributed by atoms with Crippen LogP contribution in [0.1, 0.15) is 28.7 Å². The summed E-state index contributed by atoms with van der Waals surface area (Å²) >= 11 is 5.40. The van der Waals surface area contributed by atoms with Crippen LogP contribution in [-0.2, 0) is 24.1 Å². The van der Waals surface area contributed by atoms with Gasteiger partial charge < -0.3 is 0 Å². The molecule has 0 fully saturated rings. The second kappa shape index (κ2) is 3.54. The molecule has 0 aliphatic heterocycles. The van der Waals surface area contributed by atoms with Crippen LogP contribution in [-0.4, -0.2) is 5.78 Å². The van der Waals surface area contributed by atoms with Crippen LogP contribution >= 0.6 is 27.3 Å². The first-order valence-corrected chi connectivity index (χ1v) is 6.08. The highest BCUT2D eigenvalue weighted by Crippen LogP contribution is 2.39. The minimum atomic E-state index is 0.251. The molecule has 1 nitrogen and oxygen atoms in total. The molecular formula is C10H11BrOS. The molecule has 0 N–H and O–H groups in total. The van der Waals surface area contributed by atoms with Gasteiger partial charge in [0.1, 0.15) is 5.78 Å². The van der Waals surface area contributed by atoms with Gasteiger partial charge in [0.15, 0.2) is 0 Å². The van der Waals surface area contributed by atoms with E-state index in [2.05, 4.69) is 15.9 Å². The summed E-state index contributed by atoms with van der Waals surface area (Å²) in [6.07, 6.45) is 4.26. The standard InChI is InChI=1S/C10H11BrOS/c1-6(12)5-9-10(11)7-3-2-4-8(7)13-9/h2-5H2,1H3. The second-order valence-corrected chi connectivity index (χ2v) is 5.46. The van der Waals surface area contributed by atoms with Crippen molar-refractivity contribution >= 4 is 33.0 Å². The number of thiophene rings is 1. The van der Waals surface area contributed by atoms with Crippen LogP contribution in [0.4, 0.5) is 0 Å². The Balaban J connectivity index is 2.33. The second-order valence-electron chi connectivity index (χ2n) is 3.47. The maximum atomic E-state index is 11.0. The quantitative estimate of drug-likeness (QED) is 0.797. The molecule has 0 aromatic carbocycles. The van der Waals surface area contributed by atoms with Crippen LogP contribution < -0.4 is 0 Å². The molecule has 1 aromatic heterocycles. The molecule has 0 saturated heterocycles. The fourth-order valence-corrected chi connectivity index (χ4v) is 4.07. The molecule has 0 unspecified atom stereocenters. The lowest BCUT2D eigenvalue weighted by Crippen LogP contribution is -1.94. The van der Waals surface area contributed by atoms with Gasteiger partial charge in [-0.1, -0.05) is 0 Å². The van der Waals surface area contributed by atoms with E-state index >= 15 is 0 Å². The fraction of sp³-hybridized carbons (Fsp3) is 0.500. The van der Waals surface area contributed by atoms with Crippen LogP contribution in [0.5, 0.6) is 0 Å². The highest BCUT2D eigenvalue weighted by molar-refractivity contribution is 9.10. The number of hydrogen-bond acceptors (Lipinski definition) is 2. The van der Waals surface area contributed by atoms with Gasteiger partial charge in [-0.2, -0.15) is 0 Å². The monoisotopic (exact) mass is 258 g/mol. The van der Waals surface area contributed by atoms with Crippen LogP contribution in [0.15, 0.2) is 4.47 Å². The number of aryl methyl sites for hydroxylation is 1. The molecule has 13 heavy (non-hydrogen) atoms. The summed E-state index contributed by atoms with van der Waals surface area (Å²) in [5, 5.41) is 0. The van der Waals surface area contributed by atoms with Crippen LogP contribution in [0.2, 0.25) is 0 Å². The summed E-state index contributed by atoms with van der Waals surface area (Å²) in [5.41, 5.74) is 1.46. The zero-order valence-corrected chi connectivity index (χ0v) is 9.93. The molecular weight excluding hydrogens is 248 g/mol. The van der Waals surface area contributed by atoms with Crippen LogP contribution in [0.25, 0.3) is 0 Å². The molecule has 0 spiro atoms. The topological polar surface area (TPSA) is 17.1 Å². The van der Waals surface area contributed by atoms with Crippen molar-refractivity contribution in [3.8, 4) is 0 Å². The highest BCUT2D eigenvalue weighted by atomic mass is 79.9. The van der Waals surface area contributed by atoms with Crippen molar-refractivity contribution in [2.45, 2.75) is 32.6 Å². The zero-order valence-electron chi connectivity index (χ0n) is 7.52. The van der Waals surface area contributed by atoms with E-state index in [-0.39, 0.29) is 5.78 Å². The number of fused-ring (bicyclic) bond motifs is 1. The Hall–Kier alpha value is -0.150. The molecule has 1 aliphatic carbocycles. The Morgan fingerprint density at radius 1 is 1.54 bits per heavy atom. The number of Topliss-reactive ketones (excluding diaryl/α,β-unsaturated/α-hetero) is 1. The van der Waals surface area contributed by atoms with E-state index in [1.165, 1.54) is 39.1 Å². The number of ketones is 1. The van der Waals surface area contributed by atoms with Gasteiger partial charge >= 0.3 is 0 Å². The summed E-state index contributed by atoms with van der Waals surface area (Å²) in [7, 11) is 0. The summed E-state index contributed by atoms with van der Waals surface area (Å²) in [5.74, 6) is 0.251. The first-order chi connectivity index (χ1) is 6.18. The van der Waals surface area contributed by atoms with E-state index in [1.54, 1.807) is 6.92 Å². The van der Waals surface area contributed by atoms with E-state index in [1.807, 2.05) is 11.3 Å². The third kappa shape index (κ3) is 1.72. The van der Waals surface area contributed by atoms with Gasteiger partial charge in [0.05, 0.1) is 0 Å². The first kappa shape index (κ1) is 9.41. The minimum absolute atomic E-state index is 0.251. The Labute approximate surface area is 90.3 Å². The Morgan fingerprint density at radius 2 is 2.31 bits per heavy atom. The van der Waals surface area contributed by atoms with Crippen molar-refractivity contribution in [1.82, 2.24) is 0 Å². The molecule has 70 valence electrons. The third-order valence-corrected chi connectivity index (χ3v) is 4.84. The highest BCUT2D eigenvalue weighted by Gasteiger charge is 2.20. The molecule has 1 aliphatic rings. The van der Waals surface area contributed by atoms with Gasteiger partial charge in [0.25, 0.3) is 0 Å². The Kier molecular flexibility index (Phi) is 2.56. The van der Waals surface area contributed by atoms with Crippen LogP contribution in [0.3, 0.4) is 0 Å². The normalized spacial score (nSPS) is 14.6. The lowest BCUT2D eigenvalue weighted by Gasteiger charge is -1.95. The average molecular weight is 259 g/mol. The largest absolute Gasteiger partial charge is 0.300 e. The van der Waals surface area contributed by atoms with Crippen molar-refractivity contribution in [3.63, 3.8) is 0 Å². The van der Waals surface area contributed by atoms with E-state index in [9.17, 15) is 4.79 Å². The van der Waals surface area contributed by atoms with Gasteiger partial charge in [-0.25, -0.2) is 0 Å². The van der Waals surface area contributed by atoms with E-state index in [4.69, 9.17) is 0 Å². The predicted octanol–water partition coefficient (Wildman–Crippen LogP) is 3.13. The van der Waals surface area contributed by atoms with Gasteiger partial charge in [0.2, 0.25) is 0 Å². The minimum Gasteiger partial charge on any atom is -0.300 e. The molecule has 1 aromatic rings. The number of carbonyl (C=O) groups excluding carboxylic acids is 1. The fourth-order valence-electron chi connectivity index (χ4n) is 1.76. The Bertz CT molecular complexity index is 354. The average Bonchev–Trinajstić information content (AvgIpc) is 2.56. The predicted molar refractivity (Wildman–Crippen MR) is 58.4 cm³/mol. The van der Waals surface area contributed by atoms with Gasteiger partial charge in [0, 0.05) is 20.6 Å². The van der Waals surface area contributed by atoms with Gasteiger partial charge in [-0.3, -0.25) is 4.79 Å². The lowest BCUT2D eigenvalue weighted by molar-refractivity contribution is -0.116. The van der Waals surface area contributed by atoms with Crippen LogP contribution in [0, 0.1) is 0 Å². The number of hydrogen-bond donors (Lipinski definition) is 0. The maximum Gasteiger partial charge on any atom is 0.135 e. The van der Waals surface area contributed by atoms with Crippen molar-refractivity contribution in [2.24, 2.45) is 0 Å². The Morgan fingerprint density at radius 3 is 2.92 bits per heavy atom. The summed E-state index contributed by atoms with van der Waals surface area (Å²) in [6.45, 7) is 1.65. The van der Waals surface area contributed by atoms with Crippen molar-refractivity contribution in [2.75, 3.05) is 0 Å². The maximum absolute atomic E-state index is 11.0. The summed E-state index contributed by atoms with van der Waals surface area (Å²) in [6, 6.07) is 0. The van der Waals surface area contributed by atoms with E-state index in [0.29, 0.717) is 6.42 Å². The molecule has 1 heterocycles. The molecule has 3 heteroatoms. The van der Waals surface area contributed by atoms with Gasteiger partial charge in [-0.15, -0.1) is 11.3 Å². The molecule has 0 radical (unpaired) electrons. The lowest BCUT2D eigenvalue weighted by atomic mass is 10.2. The molecule has 0 bridgehead atoms. The summed E-state index contributed by atoms with van der Waals surface area (Å²) < 4.78 is 1.21. The van der Waals surface area contributed by atoms with Gasteiger partial charge in [-0.05, 0) is 47.7 Å². The van der Waals surface area contributed by atoms with Crippen molar-refractivity contribution in [3.05, 3.63) is 19.8 Å². The molecule has 0 saturated carbocycles. The third-order valence-electron chi connectivity index (χ3n) is 2.33. The summed E-state index contributed by atoms with van der Waals surface area (Å²) in [4.78, 5) is 13.7. The molecule has 0 amide bonds. The number of carbonyl (C=O) groups is 1. The van der Waals surface area contributed by atoms with E-state index in [0.717, 1.165) is 0 Å². The zero-order chi connectivity index (χ0) is 9.42. The van der Waals surface area contributed by atoms with Crippen molar-refractivity contribution < 1.29 is 4.79 Å². The molecule has 2 rings (SSSR count). The van der Waals surface area contributed by atoms with E-state index < -0.39 is 0 Å². The molecule has 0 atom stereocenters. The SMILES string of the molecule is CC(=O)Cc1sc2c(c1Br)CCC2. The first-order valence-electron chi connectivity index (χ1n) is 4.47. The number of rotatable bonds is 2. The number of halogens is 1.